The van der Waals surface area contributed by atoms with E-state index in [-0.39, 0.29) is 18.2 Å². The van der Waals surface area contributed by atoms with Crippen molar-refractivity contribution in [1.82, 2.24) is 0 Å². The van der Waals surface area contributed by atoms with Gasteiger partial charge in [0.25, 0.3) is 0 Å². The molecule has 5 heteroatoms. The van der Waals surface area contributed by atoms with Crippen LogP contribution in [0.3, 0.4) is 0 Å². The van der Waals surface area contributed by atoms with Crippen LogP contribution in [0.2, 0.25) is 0 Å². The highest BCUT2D eigenvalue weighted by molar-refractivity contribution is 5.68. The predicted molar refractivity (Wildman–Crippen MR) is 159 cm³/mol. The smallest absolute Gasteiger partial charge is 0.305 e. The molecule has 1 aromatic rings. The summed E-state index contributed by atoms with van der Waals surface area (Å²) in [7, 11) is 1.45. The second-order valence-corrected chi connectivity index (χ2v) is 11.3. The molecule has 5 nitrogen and oxygen atoms in total. The maximum Gasteiger partial charge on any atom is 0.305 e. The first-order valence-corrected chi connectivity index (χ1v) is 15.4. The Hall–Kier alpha value is -1.95. The van der Waals surface area contributed by atoms with Crippen LogP contribution < -0.4 is 0 Å². The summed E-state index contributed by atoms with van der Waals surface area (Å²) in [5, 5.41) is 0. The number of hydrogen-bond acceptors (Lipinski definition) is 5. The van der Waals surface area contributed by atoms with Crippen LogP contribution in [0.5, 0.6) is 0 Å². The minimum absolute atomic E-state index is 0.102. The van der Waals surface area contributed by atoms with E-state index in [4.69, 9.17) is 14.5 Å². The molecule has 0 heterocycles. The fourth-order valence-corrected chi connectivity index (χ4v) is 5.18. The average Bonchev–Trinajstić information content (AvgIpc) is 2.94. The van der Waals surface area contributed by atoms with Crippen molar-refractivity contribution in [2.75, 3.05) is 7.11 Å². The Kier molecular flexibility index (Phi) is 17.1. The molecule has 0 amide bonds. The fourth-order valence-electron chi connectivity index (χ4n) is 5.18. The van der Waals surface area contributed by atoms with E-state index in [1.54, 1.807) is 0 Å². The number of carbonyl (C=O) groups is 1. The molecule has 1 saturated carbocycles. The quantitative estimate of drug-likeness (QED) is 0.0410. The average molecular weight is 543 g/mol. The standard InChI is InChI=1S/C34H54O5/c1-5-6-15-24-30(25-18-12-10-8-7-9-11-13-19-28-33(35)36-4)38-39-34(2,3)37-32-27-21-20-26-31(32)29-22-16-14-17-23-29/h10,12,14,16-18,22-23,25,30-32H,5-9,11,13,15,19-21,24,26-28H2,1-4H3/b12-10-,25-18+/t30?,31-,32+/m0/s1. The van der Waals surface area contributed by atoms with E-state index in [0.29, 0.717) is 12.3 Å². The van der Waals surface area contributed by atoms with Crippen molar-refractivity contribution in [3.05, 3.63) is 60.2 Å². The van der Waals surface area contributed by atoms with Crippen LogP contribution in [0, 0.1) is 0 Å². The minimum atomic E-state index is -0.821. The summed E-state index contributed by atoms with van der Waals surface area (Å²) in [6.07, 6.45) is 24.7. The van der Waals surface area contributed by atoms with Gasteiger partial charge in [-0.05, 0) is 57.9 Å². The Bertz CT molecular complexity index is 816. The summed E-state index contributed by atoms with van der Waals surface area (Å²) in [6, 6.07) is 10.7. The number of hydrogen-bond donors (Lipinski definition) is 0. The summed E-state index contributed by atoms with van der Waals surface area (Å²) in [6.45, 7) is 6.14. The lowest BCUT2D eigenvalue weighted by Crippen LogP contribution is -2.38. The lowest BCUT2D eigenvalue weighted by molar-refractivity contribution is -0.437. The topological polar surface area (TPSA) is 54.0 Å². The minimum Gasteiger partial charge on any atom is -0.469 e. The third kappa shape index (κ3) is 14.9. The van der Waals surface area contributed by atoms with E-state index in [9.17, 15) is 4.79 Å². The lowest BCUT2D eigenvalue weighted by atomic mass is 9.81. The number of allylic oxidation sites excluding steroid dienone is 3. The molecule has 0 spiro atoms. The number of rotatable bonds is 20. The lowest BCUT2D eigenvalue weighted by Gasteiger charge is -2.37. The predicted octanol–water partition coefficient (Wildman–Crippen LogP) is 9.38. The van der Waals surface area contributed by atoms with Gasteiger partial charge in [-0.15, -0.1) is 0 Å². The van der Waals surface area contributed by atoms with Gasteiger partial charge in [0.15, 0.2) is 5.79 Å². The molecule has 0 N–H and O–H groups in total. The monoisotopic (exact) mass is 542 g/mol. The van der Waals surface area contributed by atoms with Gasteiger partial charge < -0.3 is 9.47 Å². The van der Waals surface area contributed by atoms with Crippen molar-refractivity contribution < 1.29 is 24.0 Å². The highest BCUT2D eigenvalue weighted by atomic mass is 17.2. The molecule has 1 aliphatic carbocycles. The zero-order chi connectivity index (χ0) is 28.2. The molecule has 0 aliphatic heterocycles. The highest BCUT2D eigenvalue weighted by Gasteiger charge is 2.34. The normalized spacial score (nSPS) is 19.1. The molecule has 39 heavy (non-hydrogen) atoms. The zero-order valence-electron chi connectivity index (χ0n) is 25.1. The molecule has 3 atom stereocenters. The maximum absolute atomic E-state index is 11.1. The van der Waals surface area contributed by atoms with Crippen LogP contribution in [-0.4, -0.2) is 31.1 Å². The molecule has 2 rings (SSSR count). The van der Waals surface area contributed by atoms with Gasteiger partial charge >= 0.3 is 5.97 Å². The van der Waals surface area contributed by atoms with E-state index < -0.39 is 5.79 Å². The molecule has 0 aromatic heterocycles. The van der Waals surface area contributed by atoms with Gasteiger partial charge in [-0.2, -0.15) is 0 Å². The SMILES string of the molecule is CCCCCC(/C=C/C=C\CCCCCCCC(=O)OC)OOC(C)(C)O[C@@H]1CCCC[C@H]1c1ccccc1. The van der Waals surface area contributed by atoms with Crippen molar-refractivity contribution in [2.24, 2.45) is 0 Å². The Labute approximate surface area is 238 Å². The summed E-state index contributed by atoms with van der Waals surface area (Å²) >= 11 is 0. The summed E-state index contributed by atoms with van der Waals surface area (Å²) in [4.78, 5) is 23.1. The largest absolute Gasteiger partial charge is 0.469 e. The number of ether oxygens (including phenoxy) is 2. The second-order valence-electron chi connectivity index (χ2n) is 11.3. The third-order valence-corrected chi connectivity index (χ3v) is 7.38. The summed E-state index contributed by atoms with van der Waals surface area (Å²) in [5.41, 5.74) is 1.35. The van der Waals surface area contributed by atoms with Gasteiger partial charge in [-0.25, -0.2) is 9.78 Å². The molecule has 1 unspecified atom stereocenters. The zero-order valence-corrected chi connectivity index (χ0v) is 25.1. The maximum atomic E-state index is 11.1. The molecule has 1 fully saturated rings. The van der Waals surface area contributed by atoms with Gasteiger partial charge in [-0.1, -0.05) is 113 Å². The Morgan fingerprint density at radius 3 is 2.49 bits per heavy atom. The van der Waals surface area contributed by atoms with E-state index in [1.807, 2.05) is 13.8 Å². The highest BCUT2D eigenvalue weighted by Crippen LogP contribution is 2.37. The van der Waals surface area contributed by atoms with Crippen molar-refractivity contribution in [1.29, 1.82) is 0 Å². The van der Waals surface area contributed by atoms with E-state index in [2.05, 4.69) is 66.3 Å². The number of unbranched alkanes of at least 4 members (excludes halogenated alkanes) is 7. The number of benzene rings is 1. The molecular formula is C34H54O5. The van der Waals surface area contributed by atoms with Gasteiger partial charge in [0.05, 0.1) is 13.2 Å². The molecule has 220 valence electrons. The molecule has 0 saturated heterocycles. The van der Waals surface area contributed by atoms with Gasteiger partial charge in [0.1, 0.15) is 6.10 Å². The Balaban J connectivity index is 1.76. The van der Waals surface area contributed by atoms with Gasteiger partial charge in [-0.3, -0.25) is 4.79 Å². The molecule has 1 aromatic carbocycles. The van der Waals surface area contributed by atoms with Crippen LogP contribution in [-0.2, 0) is 24.0 Å². The first-order chi connectivity index (χ1) is 18.9. The van der Waals surface area contributed by atoms with Gasteiger partial charge in [0.2, 0.25) is 0 Å². The first-order valence-electron chi connectivity index (χ1n) is 15.4. The fraction of sp³-hybridized carbons (Fsp3) is 0.676. The van der Waals surface area contributed by atoms with Crippen molar-refractivity contribution in [3.63, 3.8) is 0 Å². The molecular weight excluding hydrogens is 488 g/mol. The van der Waals surface area contributed by atoms with Crippen molar-refractivity contribution in [3.8, 4) is 0 Å². The van der Waals surface area contributed by atoms with E-state index in [1.165, 1.54) is 51.2 Å². The van der Waals surface area contributed by atoms with E-state index >= 15 is 0 Å². The van der Waals surface area contributed by atoms with Crippen molar-refractivity contribution >= 4 is 5.97 Å². The molecule has 0 bridgehead atoms. The van der Waals surface area contributed by atoms with Crippen LogP contribution in [0.25, 0.3) is 0 Å². The van der Waals surface area contributed by atoms with Crippen LogP contribution in [0.4, 0.5) is 0 Å². The van der Waals surface area contributed by atoms with Crippen LogP contribution in [0.1, 0.15) is 129 Å². The first kappa shape index (κ1) is 33.3. The Morgan fingerprint density at radius 2 is 1.72 bits per heavy atom. The van der Waals surface area contributed by atoms with Crippen LogP contribution in [0.15, 0.2) is 54.6 Å². The molecule has 1 aliphatic rings. The number of esters is 1. The van der Waals surface area contributed by atoms with Gasteiger partial charge in [0, 0.05) is 12.3 Å². The Morgan fingerprint density at radius 1 is 0.974 bits per heavy atom. The van der Waals surface area contributed by atoms with Crippen LogP contribution >= 0.6 is 0 Å². The number of methoxy groups -OCH3 is 1. The number of carbonyl (C=O) groups excluding carboxylic acids is 1. The summed E-state index contributed by atoms with van der Waals surface area (Å²) < 4.78 is 11.2. The second kappa shape index (κ2) is 20.0. The molecule has 0 radical (unpaired) electrons. The van der Waals surface area contributed by atoms with E-state index in [0.717, 1.165) is 51.4 Å². The third-order valence-electron chi connectivity index (χ3n) is 7.38. The van der Waals surface area contributed by atoms with Crippen molar-refractivity contribution in [2.45, 2.75) is 141 Å². The summed E-state index contributed by atoms with van der Waals surface area (Å²) in [5.74, 6) is -0.532.